The molecule has 1 atom stereocenters. The lowest BCUT2D eigenvalue weighted by molar-refractivity contribution is -0.137. The fourth-order valence-electron chi connectivity index (χ4n) is 4.36. The fraction of sp³-hybridized carbons (Fsp3) is 0.824. The second kappa shape index (κ2) is 6.49. The molecule has 6 heteroatoms. The molecule has 0 bridgehead atoms. The van der Waals surface area contributed by atoms with Crippen molar-refractivity contribution < 1.29 is 14.4 Å². The van der Waals surface area contributed by atoms with Crippen molar-refractivity contribution in [3.63, 3.8) is 0 Å². The molecule has 4 amide bonds. The maximum absolute atomic E-state index is 12.5. The molecule has 128 valence electrons. The monoisotopic (exact) mass is 321 g/mol. The lowest BCUT2D eigenvalue weighted by Gasteiger charge is -2.42. The first kappa shape index (κ1) is 16.3. The topological polar surface area (TPSA) is 87.3 Å². The molecule has 0 radical (unpaired) electrons. The van der Waals surface area contributed by atoms with Gasteiger partial charge in [0, 0.05) is 12.0 Å². The van der Waals surface area contributed by atoms with Gasteiger partial charge in [-0.3, -0.25) is 14.9 Å². The highest BCUT2D eigenvalue weighted by Gasteiger charge is 2.57. The zero-order chi connectivity index (χ0) is 16.4. The third kappa shape index (κ3) is 3.21. The van der Waals surface area contributed by atoms with Gasteiger partial charge in [-0.05, 0) is 38.0 Å². The van der Waals surface area contributed by atoms with Crippen LogP contribution in [0.15, 0.2) is 0 Å². The summed E-state index contributed by atoms with van der Waals surface area (Å²) in [6, 6.07) is -0.184. The Labute approximate surface area is 137 Å². The van der Waals surface area contributed by atoms with E-state index in [1.807, 2.05) is 0 Å². The molecule has 2 aliphatic carbocycles. The average Bonchev–Trinajstić information content (AvgIpc) is 2.80. The summed E-state index contributed by atoms with van der Waals surface area (Å²) in [6.07, 6.45) is 9.16. The quantitative estimate of drug-likeness (QED) is 0.675. The van der Waals surface area contributed by atoms with Crippen LogP contribution < -0.4 is 16.0 Å². The van der Waals surface area contributed by atoms with Crippen LogP contribution in [0.3, 0.4) is 0 Å². The minimum Gasteiger partial charge on any atom is -0.353 e. The molecule has 3 N–H and O–H groups in total. The van der Waals surface area contributed by atoms with Crippen LogP contribution in [0.5, 0.6) is 0 Å². The predicted octanol–water partition coefficient (Wildman–Crippen LogP) is 1.84. The van der Waals surface area contributed by atoms with E-state index in [2.05, 4.69) is 22.9 Å². The Kier molecular flexibility index (Phi) is 4.60. The Morgan fingerprint density at radius 3 is 2.52 bits per heavy atom. The molecule has 3 fully saturated rings. The zero-order valence-electron chi connectivity index (χ0n) is 13.8. The van der Waals surface area contributed by atoms with Gasteiger partial charge >= 0.3 is 6.03 Å². The van der Waals surface area contributed by atoms with E-state index in [1.54, 1.807) is 0 Å². The Bertz CT molecular complexity index is 493. The molecular weight excluding hydrogens is 294 g/mol. The van der Waals surface area contributed by atoms with Crippen LogP contribution in [0.25, 0.3) is 0 Å². The normalized spacial score (nSPS) is 32.1. The van der Waals surface area contributed by atoms with Crippen molar-refractivity contribution in [1.29, 1.82) is 0 Å². The molecule has 0 aromatic heterocycles. The summed E-state index contributed by atoms with van der Waals surface area (Å²) < 4.78 is 0. The molecule has 1 heterocycles. The Morgan fingerprint density at radius 2 is 1.96 bits per heavy atom. The van der Waals surface area contributed by atoms with Gasteiger partial charge in [0.25, 0.3) is 5.91 Å². The summed E-state index contributed by atoms with van der Waals surface area (Å²) in [5.41, 5.74) is -0.829. The van der Waals surface area contributed by atoms with Crippen LogP contribution >= 0.6 is 0 Å². The average molecular weight is 321 g/mol. The number of hydrogen-bond donors (Lipinski definition) is 3. The number of hydrogen-bond acceptors (Lipinski definition) is 3. The van der Waals surface area contributed by atoms with E-state index in [0.717, 1.165) is 12.8 Å². The van der Waals surface area contributed by atoms with Crippen molar-refractivity contribution in [2.24, 2.45) is 11.8 Å². The van der Waals surface area contributed by atoms with Gasteiger partial charge in [-0.2, -0.15) is 0 Å². The largest absolute Gasteiger partial charge is 0.353 e. The van der Waals surface area contributed by atoms with Crippen LogP contribution in [-0.2, 0) is 9.59 Å². The van der Waals surface area contributed by atoms with Crippen molar-refractivity contribution in [1.82, 2.24) is 16.0 Å². The van der Waals surface area contributed by atoms with Gasteiger partial charge < -0.3 is 10.6 Å². The Hall–Kier alpha value is -1.59. The summed E-state index contributed by atoms with van der Waals surface area (Å²) in [5.74, 6) is 0.191. The van der Waals surface area contributed by atoms with E-state index in [0.29, 0.717) is 18.8 Å². The van der Waals surface area contributed by atoms with Crippen LogP contribution in [-0.4, -0.2) is 29.4 Å². The molecule has 3 rings (SSSR count). The van der Waals surface area contributed by atoms with Gasteiger partial charge in [0.05, 0.1) is 0 Å². The summed E-state index contributed by atoms with van der Waals surface area (Å²) >= 11 is 0. The van der Waals surface area contributed by atoms with Crippen LogP contribution in [0, 0.1) is 11.8 Å². The number of urea groups is 1. The number of rotatable bonds is 5. The summed E-state index contributed by atoms with van der Waals surface area (Å²) in [6.45, 7) is 2.15. The second-order valence-corrected chi connectivity index (χ2v) is 7.40. The van der Waals surface area contributed by atoms with Gasteiger partial charge in [0.15, 0.2) is 0 Å². The van der Waals surface area contributed by atoms with E-state index in [9.17, 15) is 14.4 Å². The molecule has 6 nitrogen and oxygen atoms in total. The number of imide groups is 1. The highest BCUT2D eigenvalue weighted by molar-refractivity contribution is 6.08. The molecule has 0 aromatic rings. The molecule has 1 saturated heterocycles. The van der Waals surface area contributed by atoms with Crippen molar-refractivity contribution in [2.45, 2.75) is 76.3 Å². The van der Waals surface area contributed by atoms with Crippen LogP contribution in [0.2, 0.25) is 0 Å². The zero-order valence-corrected chi connectivity index (χ0v) is 13.8. The van der Waals surface area contributed by atoms with E-state index >= 15 is 0 Å². The van der Waals surface area contributed by atoms with E-state index < -0.39 is 11.6 Å². The van der Waals surface area contributed by atoms with Crippen molar-refractivity contribution >= 4 is 17.8 Å². The third-order valence-corrected chi connectivity index (χ3v) is 5.72. The standard InChI is InChI=1S/C17H27N3O3/c1-2-6-13(11-7-4-3-5-8-11)18-14(21)12-9-17(10-12)15(22)19-16(23)20-17/h11-13H,2-10H2,1H3,(H,18,21)(H2,19,20,22,23). The SMILES string of the molecule is CCCC(NC(=O)C1CC2(C1)NC(=O)NC2=O)C1CCCCC1. The van der Waals surface area contributed by atoms with Gasteiger partial charge in [0.1, 0.15) is 5.54 Å². The maximum Gasteiger partial charge on any atom is 0.322 e. The van der Waals surface area contributed by atoms with Gasteiger partial charge in [-0.1, -0.05) is 32.6 Å². The smallest absolute Gasteiger partial charge is 0.322 e. The Morgan fingerprint density at radius 1 is 1.26 bits per heavy atom. The van der Waals surface area contributed by atoms with Crippen LogP contribution in [0.1, 0.15) is 64.7 Å². The molecular formula is C17H27N3O3. The van der Waals surface area contributed by atoms with Crippen LogP contribution in [0.4, 0.5) is 4.79 Å². The molecule has 23 heavy (non-hydrogen) atoms. The minimum atomic E-state index is -0.829. The number of amides is 4. The summed E-state index contributed by atoms with van der Waals surface area (Å²) in [7, 11) is 0. The van der Waals surface area contributed by atoms with Gasteiger partial charge in [-0.25, -0.2) is 4.79 Å². The molecule has 1 aliphatic heterocycles. The highest BCUT2D eigenvalue weighted by atomic mass is 16.2. The van der Waals surface area contributed by atoms with E-state index in [4.69, 9.17) is 0 Å². The molecule has 1 spiro atoms. The molecule has 2 saturated carbocycles. The second-order valence-electron chi connectivity index (χ2n) is 7.40. The maximum atomic E-state index is 12.5. The summed E-state index contributed by atoms with van der Waals surface area (Å²) in [5, 5.41) is 8.16. The predicted molar refractivity (Wildman–Crippen MR) is 85.5 cm³/mol. The summed E-state index contributed by atoms with van der Waals surface area (Å²) in [4.78, 5) is 35.6. The minimum absolute atomic E-state index is 0.0496. The molecule has 0 aromatic carbocycles. The number of carbonyl (C=O) groups excluding carboxylic acids is 3. The molecule has 1 unspecified atom stereocenters. The lowest BCUT2D eigenvalue weighted by atomic mass is 9.67. The van der Waals surface area contributed by atoms with Crippen molar-refractivity contribution in [3.05, 3.63) is 0 Å². The number of carbonyl (C=O) groups is 3. The van der Waals surface area contributed by atoms with Gasteiger partial charge in [0.2, 0.25) is 5.91 Å². The fourth-order valence-corrected chi connectivity index (χ4v) is 4.36. The first-order valence-corrected chi connectivity index (χ1v) is 8.98. The van der Waals surface area contributed by atoms with E-state index in [1.165, 1.54) is 32.1 Å². The van der Waals surface area contributed by atoms with Crippen molar-refractivity contribution in [3.8, 4) is 0 Å². The van der Waals surface area contributed by atoms with Gasteiger partial charge in [-0.15, -0.1) is 0 Å². The third-order valence-electron chi connectivity index (χ3n) is 5.72. The first-order chi connectivity index (χ1) is 11.0. The Balaban J connectivity index is 1.54. The lowest BCUT2D eigenvalue weighted by Crippen LogP contribution is -2.61. The molecule has 3 aliphatic rings. The first-order valence-electron chi connectivity index (χ1n) is 8.98. The highest BCUT2D eigenvalue weighted by Crippen LogP contribution is 2.40. The number of nitrogens with one attached hydrogen (secondary N) is 3. The van der Waals surface area contributed by atoms with E-state index in [-0.39, 0.29) is 23.8 Å². The van der Waals surface area contributed by atoms with Crippen molar-refractivity contribution in [2.75, 3.05) is 0 Å².